The third-order valence-electron chi connectivity index (χ3n) is 3.82. The van der Waals surface area contributed by atoms with E-state index in [0.29, 0.717) is 13.0 Å². The summed E-state index contributed by atoms with van der Waals surface area (Å²) in [5, 5.41) is 2.78. The maximum Gasteiger partial charge on any atom is 0.249 e. The lowest BCUT2D eigenvalue weighted by molar-refractivity contribution is -0.123. The molecule has 1 fully saturated rings. The van der Waals surface area contributed by atoms with Crippen LogP contribution in [0.2, 0.25) is 0 Å². The molecule has 1 saturated heterocycles. The SMILES string of the molecule is O=C(C=Cc1ccccc1)NC1CCN(c2ccccc2)C1=O. The Labute approximate surface area is 135 Å². The molecule has 2 amide bonds. The Hall–Kier alpha value is -2.88. The maximum absolute atomic E-state index is 12.4. The average Bonchev–Trinajstić information content (AvgIpc) is 2.95. The van der Waals surface area contributed by atoms with Crippen molar-refractivity contribution in [2.45, 2.75) is 12.5 Å². The van der Waals surface area contributed by atoms with Gasteiger partial charge >= 0.3 is 0 Å². The Bertz CT molecular complexity index is 711. The zero-order chi connectivity index (χ0) is 16.1. The third-order valence-corrected chi connectivity index (χ3v) is 3.82. The highest BCUT2D eigenvalue weighted by molar-refractivity contribution is 6.03. The van der Waals surface area contributed by atoms with Crippen molar-refractivity contribution in [3.63, 3.8) is 0 Å². The van der Waals surface area contributed by atoms with Crippen LogP contribution in [0.1, 0.15) is 12.0 Å². The van der Waals surface area contributed by atoms with Crippen molar-refractivity contribution >= 4 is 23.6 Å². The van der Waals surface area contributed by atoms with Gasteiger partial charge in [-0.3, -0.25) is 9.59 Å². The van der Waals surface area contributed by atoms with Gasteiger partial charge in [-0.2, -0.15) is 0 Å². The van der Waals surface area contributed by atoms with Crippen molar-refractivity contribution in [2.24, 2.45) is 0 Å². The summed E-state index contributed by atoms with van der Waals surface area (Å²) < 4.78 is 0. The largest absolute Gasteiger partial charge is 0.341 e. The maximum atomic E-state index is 12.4. The molecule has 0 bridgehead atoms. The number of carbonyl (C=O) groups excluding carboxylic acids is 2. The Morgan fingerprint density at radius 1 is 1.04 bits per heavy atom. The lowest BCUT2D eigenvalue weighted by Crippen LogP contribution is -2.40. The predicted octanol–water partition coefficient (Wildman–Crippen LogP) is 2.62. The van der Waals surface area contributed by atoms with Crippen LogP contribution in [0.4, 0.5) is 5.69 Å². The summed E-state index contributed by atoms with van der Waals surface area (Å²) in [7, 11) is 0. The molecule has 4 nitrogen and oxygen atoms in total. The Balaban J connectivity index is 1.60. The van der Waals surface area contributed by atoms with E-state index in [0.717, 1.165) is 11.3 Å². The number of para-hydroxylation sites is 1. The van der Waals surface area contributed by atoms with E-state index in [-0.39, 0.29) is 11.8 Å². The molecule has 1 aliphatic heterocycles. The van der Waals surface area contributed by atoms with Crippen LogP contribution in [0, 0.1) is 0 Å². The number of carbonyl (C=O) groups is 2. The van der Waals surface area contributed by atoms with Gasteiger partial charge in [-0.1, -0.05) is 48.5 Å². The van der Waals surface area contributed by atoms with E-state index in [4.69, 9.17) is 0 Å². The van der Waals surface area contributed by atoms with E-state index < -0.39 is 6.04 Å². The van der Waals surface area contributed by atoms with Gasteiger partial charge in [-0.05, 0) is 30.2 Å². The van der Waals surface area contributed by atoms with Crippen molar-refractivity contribution in [2.75, 3.05) is 11.4 Å². The minimum Gasteiger partial charge on any atom is -0.341 e. The number of nitrogens with zero attached hydrogens (tertiary/aromatic N) is 1. The molecule has 23 heavy (non-hydrogen) atoms. The molecule has 2 aromatic carbocycles. The smallest absolute Gasteiger partial charge is 0.249 e. The van der Waals surface area contributed by atoms with Crippen molar-refractivity contribution in [3.05, 3.63) is 72.3 Å². The molecule has 1 aliphatic rings. The van der Waals surface area contributed by atoms with E-state index in [2.05, 4.69) is 5.32 Å². The minimum absolute atomic E-state index is 0.0577. The lowest BCUT2D eigenvalue weighted by Gasteiger charge is -2.16. The fourth-order valence-electron chi connectivity index (χ4n) is 2.63. The molecule has 1 atom stereocenters. The normalized spacial score (nSPS) is 17.7. The van der Waals surface area contributed by atoms with E-state index in [9.17, 15) is 9.59 Å². The highest BCUT2D eigenvalue weighted by Crippen LogP contribution is 2.21. The van der Waals surface area contributed by atoms with Crippen LogP contribution >= 0.6 is 0 Å². The molecule has 116 valence electrons. The molecule has 0 spiro atoms. The summed E-state index contributed by atoms with van der Waals surface area (Å²) in [6, 6.07) is 18.6. The van der Waals surface area contributed by atoms with Crippen molar-refractivity contribution in [1.82, 2.24) is 5.32 Å². The number of hydrogen-bond donors (Lipinski definition) is 1. The van der Waals surface area contributed by atoms with Crippen molar-refractivity contribution < 1.29 is 9.59 Å². The van der Waals surface area contributed by atoms with Gasteiger partial charge in [0.25, 0.3) is 0 Å². The molecule has 2 aromatic rings. The highest BCUT2D eigenvalue weighted by Gasteiger charge is 2.33. The predicted molar refractivity (Wildman–Crippen MR) is 90.8 cm³/mol. The fraction of sp³-hybridized carbons (Fsp3) is 0.158. The molecule has 3 rings (SSSR count). The second kappa shape index (κ2) is 6.92. The first-order chi connectivity index (χ1) is 11.2. The molecule has 1 unspecified atom stereocenters. The first-order valence-electron chi connectivity index (χ1n) is 7.64. The second-order valence-electron chi connectivity index (χ2n) is 5.42. The van der Waals surface area contributed by atoms with Crippen molar-refractivity contribution in [1.29, 1.82) is 0 Å². The number of rotatable bonds is 4. The molecule has 4 heteroatoms. The van der Waals surface area contributed by atoms with Gasteiger partial charge in [0.15, 0.2) is 0 Å². The number of amides is 2. The average molecular weight is 306 g/mol. The quantitative estimate of drug-likeness (QED) is 0.883. The van der Waals surface area contributed by atoms with Gasteiger partial charge in [0.1, 0.15) is 6.04 Å². The van der Waals surface area contributed by atoms with E-state index in [1.54, 1.807) is 11.0 Å². The molecule has 1 heterocycles. The molecule has 0 aromatic heterocycles. The van der Waals surface area contributed by atoms with Crippen LogP contribution in [0.25, 0.3) is 6.08 Å². The minimum atomic E-state index is -0.455. The van der Waals surface area contributed by atoms with Crippen LogP contribution in [-0.2, 0) is 9.59 Å². The fourth-order valence-corrected chi connectivity index (χ4v) is 2.63. The van der Waals surface area contributed by atoms with Crippen LogP contribution in [0.5, 0.6) is 0 Å². The lowest BCUT2D eigenvalue weighted by atomic mass is 10.2. The number of anilines is 1. The van der Waals surface area contributed by atoms with E-state index >= 15 is 0 Å². The summed E-state index contributed by atoms with van der Waals surface area (Å²) in [4.78, 5) is 26.1. The van der Waals surface area contributed by atoms with Gasteiger partial charge in [-0.25, -0.2) is 0 Å². The van der Waals surface area contributed by atoms with Gasteiger partial charge < -0.3 is 10.2 Å². The first-order valence-corrected chi connectivity index (χ1v) is 7.64. The number of benzene rings is 2. The zero-order valence-corrected chi connectivity index (χ0v) is 12.7. The van der Waals surface area contributed by atoms with Crippen LogP contribution in [-0.4, -0.2) is 24.4 Å². The molecular formula is C19H18N2O2. The topological polar surface area (TPSA) is 49.4 Å². The molecule has 0 radical (unpaired) electrons. The number of hydrogen-bond acceptors (Lipinski definition) is 2. The Morgan fingerprint density at radius 2 is 1.70 bits per heavy atom. The second-order valence-corrected chi connectivity index (χ2v) is 5.42. The summed E-state index contributed by atoms with van der Waals surface area (Å²) in [6.07, 6.45) is 3.83. The summed E-state index contributed by atoms with van der Waals surface area (Å²) in [5.74, 6) is -0.306. The van der Waals surface area contributed by atoms with Crippen LogP contribution in [0.3, 0.4) is 0 Å². The van der Waals surface area contributed by atoms with Crippen LogP contribution in [0.15, 0.2) is 66.7 Å². The molecule has 0 aliphatic carbocycles. The first kappa shape index (κ1) is 15.0. The third kappa shape index (κ3) is 3.66. The standard InChI is InChI=1S/C19H18N2O2/c22-18(12-11-15-7-3-1-4-8-15)20-17-13-14-21(19(17)23)16-9-5-2-6-10-16/h1-12,17H,13-14H2,(H,20,22). The Morgan fingerprint density at radius 3 is 2.39 bits per heavy atom. The van der Waals surface area contributed by atoms with Gasteiger partial charge in [0.05, 0.1) is 0 Å². The number of nitrogens with one attached hydrogen (secondary N) is 1. The zero-order valence-electron chi connectivity index (χ0n) is 12.7. The monoisotopic (exact) mass is 306 g/mol. The van der Waals surface area contributed by atoms with Gasteiger partial charge in [-0.15, -0.1) is 0 Å². The van der Waals surface area contributed by atoms with Gasteiger partial charge in [0, 0.05) is 18.3 Å². The summed E-state index contributed by atoms with van der Waals surface area (Å²) >= 11 is 0. The van der Waals surface area contributed by atoms with Crippen molar-refractivity contribution in [3.8, 4) is 0 Å². The van der Waals surface area contributed by atoms with Crippen LogP contribution < -0.4 is 10.2 Å². The summed E-state index contributed by atoms with van der Waals surface area (Å²) in [6.45, 7) is 0.621. The summed E-state index contributed by atoms with van der Waals surface area (Å²) in [5.41, 5.74) is 1.82. The molecular weight excluding hydrogens is 288 g/mol. The molecule has 0 saturated carbocycles. The van der Waals surface area contributed by atoms with E-state index in [1.165, 1.54) is 6.08 Å². The Kier molecular flexibility index (Phi) is 4.52. The van der Waals surface area contributed by atoms with Gasteiger partial charge in [0.2, 0.25) is 11.8 Å². The highest BCUT2D eigenvalue weighted by atomic mass is 16.2. The molecule has 1 N–H and O–H groups in total. The van der Waals surface area contributed by atoms with E-state index in [1.807, 2.05) is 60.7 Å².